The highest BCUT2D eigenvalue weighted by atomic mass is 35.5. The molecule has 2 aromatic rings. The maximum atomic E-state index is 14.4. The van der Waals surface area contributed by atoms with E-state index in [0.717, 1.165) is 34.4 Å². The van der Waals surface area contributed by atoms with Crippen LogP contribution >= 0.6 is 33.2 Å². The van der Waals surface area contributed by atoms with Crippen molar-refractivity contribution in [3.05, 3.63) is 75.5 Å². The zero-order valence-electron chi connectivity index (χ0n) is 48.0. The van der Waals surface area contributed by atoms with Gasteiger partial charge in [-0.25, -0.2) is 24.8 Å². The summed E-state index contributed by atoms with van der Waals surface area (Å²) >= 11 is 6.85. The normalized spacial score (nSPS) is 26.8. The lowest BCUT2D eigenvalue weighted by Crippen LogP contribution is -2.63. The number of imide groups is 1. The number of fused-ring (bicyclic) bond motifs is 6. The summed E-state index contributed by atoms with van der Waals surface area (Å²) in [5.41, 5.74) is 4.82. The van der Waals surface area contributed by atoms with Crippen LogP contribution < -0.4 is 20.4 Å². The first kappa shape index (κ1) is 63.5. The standard InChI is InChI=1S/C57H74ClN7O15S2/c1-32-14-11-17-42(75-10)57(74)30-41(77-54(73)60-57)34(3)52-56(7,79-52)43(29-49(70)64(9)40-28-36(26-32)27-33(2)51(40)58)78-53(72)35(4)63(8)46(67)23-25-81-82-55(5,6)31-44(66)62-61-39-16-12-15-38-37(39)19-20-45(59-38)76-24-13-18-50(71)80-65-47(68)21-22-48(65)69/h11,14,17,19-20,27-28,34-35,41-43,52,74H,12-13,15-16,18,21-26,29-31H2,1-10H3,(H,60,73)(H,62,66)/b17-11+,32-14+,61-39-/t34-,35+,41+,42-,43+,52+,56+,57+/m1/s1. The number of nitrogens with one attached hydrogen (secondary N) is 2. The van der Waals surface area contributed by atoms with E-state index in [1.807, 2.05) is 52.0 Å². The van der Waals surface area contributed by atoms with Gasteiger partial charge in [-0.15, -0.1) is 5.06 Å². The highest BCUT2D eigenvalue weighted by Gasteiger charge is 2.64. The second-order valence-corrected chi connectivity index (χ2v) is 25.7. The molecule has 5 heterocycles. The minimum Gasteiger partial charge on any atom is -0.478 e. The number of pyridine rings is 1. The molecule has 82 heavy (non-hydrogen) atoms. The van der Waals surface area contributed by atoms with Gasteiger partial charge in [0.2, 0.25) is 23.6 Å². The molecular formula is C57H74ClN7O15S2. The predicted octanol–water partition coefficient (Wildman–Crippen LogP) is 6.77. The monoisotopic (exact) mass is 1200 g/mol. The zero-order valence-corrected chi connectivity index (χ0v) is 50.4. The van der Waals surface area contributed by atoms with Crippen LogP contribution in [0.3, 0.4) is 0 Å². The van der Waals surface area contributed by atoms with Gasteiger partial charge >= 0.3 is 18.0 Å². The van der Waals surface area contributed by atoms with Crippen LogP contribution in [-0.4, -0.2) is 153 Å². The van der Waals surface area contributed by atoms with Crippen molar-refractivity contribution in [2.24, 2.45) is 11.0 Å². The quantitative estimate of drug-likeness (QED) is 0.0347. The van der Waals surface area contributed by atoms with Crippen LogP contribution in [0.15, 0.2) is 53.2 Å². The number of aliphatic hydroxyl groups is 1. The number of halogens is 1. The third kappa shape index (κ3) is 15.8. The minimum absolute atomic E-state index is 0.0174. The molecule has 446 valence electrons. The fourth-order valence-corrected chi connectivity index (χ4v) is 13.0. The molecule has 0 radical (unpaired) electrons. The van der Waals surface area contributed by atoms with Gasteiger partial charge in [-0.2, -0.15) is 5.10 Å². The molecule has 25 heteroatoms. The van der Waals surface area contributed by atoms with Crippen molar-refractivity contribution < 1.29 is 72.0 Å². The molecule has 1 aromatic heterocycles. The Kier molecular flexibility index (Phi) is 21.0. The number of carbonyl (C=O) groups excluding carboxylic acids is 8. The molecule has 0 unspecified atom stereocenters. The third-order valence-electron chi connectivity index (χ3n) is 15.2. The minimum atomic E-state index is -1.86. The van der Waals surface area contributed by atoms with Gasteiger partial charge in [0.15, 0.2) is 5.72 Å². The highest BCUT2D eigenvalue weighted by Crippen LogP contribution is 2.49. The SMILES string of the molecule is CO[C@@H]1/C=C/C=C(\C)Cc2cc(C)c(Cl)c(c2)N(C)C(=O)C[C@H](OC(=O)[C@H](C)N(C)C(=O)CCSSC(C)(C)CC(=O)N/N=C2/CCCc3nc(OCCCC(=O)ON4C(=O)CCC4=O)ccc32)[C@]2(C)O[C@H]2[C@H](C)[C@@H]2C[C@@]1(O)NC(=O)O2. The number of carbonyl (C=O) groups is 8. The summed E-state index contributed by atoms with van der Waals surface area (Å²) in [4.78, 5) is 116. The van der Waals surface area contributed by atoms with Crippen molar-refractivity contribution >= 4 is 92.2 Å². The van der Waals surface area contributed by atoms with Crippen molar-refractivity contribution in [3.63, 3.8) is 0 Å². The molecule has 7 rings (SSSR count). The van der Waals surface area contributed by atoms with Crippen molar-refractivity contribution in [2.45, 2.75) is 172 Å². The van der Waals surface area contributed by atoms with Crippen molar-refractivity contribution in [3.8, 4) is 5.88 Å². The first-order chi connectivity index (χ1) is 38.7. The molecule has 3 saturated heterocycles. The fourth-order valence-electron chi connectivity index (χ4n) is 10.2. The number of alkyl carbamates (subject to hydrolysis) is 1. The smallest absolute Gasteiger partial charge is 0.409 e. The number of likely N-dealkylation sites (N-methyl/N-ethyl adjacent to an activating group) is 1. The number of hydroxylamine groups is 2. The van der Waals surface area contributed by atoms with E-state index in [-0.39, 0.29) is 69.8 Å². The van der Waals surface area contributed by atoms with Gasteiger partial charge in [0.05, 0.1) is 47.7 Å². The van der Waals surface area contributed by atoms with Gasteiger partial charge in [-0.3, -0.25) is 29.3 Å². The van der Waals surface area contributed by atoms with E-state index < -0.39 is 88.2 Å². The average molecular weight is 1200 g/mol. The average Bonchev–Trinajstić information content (AvgIpc) is 2.12. The lowest BCUT2D eigenvalue weighted by atomic mass is 9.83. The molecule has 4 aliphatic heterocycles. The largest absolute Gasteiger partial charge is 0.478 e. The number of rotatable bonds is 18. The Morgan fingerprint density at radius 1 is 1.07 bits per heavy atom. The molecule has 8 atom stereocenters. The number of esters is 1. The van der Waals surface area contributed by atoms with Crippen LogP contribution in [0.1, 0.15) is 128 Å². The molecule has 22 nitrogen and oxygen atoms in total. The molecule has 5 aliphatic rings. The number of hydrazone groups is 1. The summed E-state index contributed by atoms with van der Waals surface area (Å²) in [6.45, 7) is 12.8. The molecule has 0 spiro atoms. The molecule has 0 saturated carbocycles. The van der Waals surface area contributed by atoms with E-state index in [0.29, 0.717) is 52.4 Å². The van der Waals surface area contributed by atoms with Gasteiger partial charge in [0.1, 0.15) is 30.0 Å². The molecule has 6 amide bonds. The summed E-state index contributed by atoms with van der Waals surface area (Å²) < 4.78 is 29.1. The Hall–Kier alpha value is -6.05. The van der Waals surface area contributed by atoms with Gasteiger partial charge in [-0.05, 0) is 96.9 Å². The number of amides is 6. The lowest BCUT2D eigenvalue weighted by Gasteiger charge is -2.42. The van der Waals surface area contributed by atoms with Crippen LogP contribution in [0.4, 0.5) is 10.5 Å². The number of ether oxygens (including phenoxy) is 5. The number of hydrogen-bond acceptors (Lipinski definition) is 19. The summed E-state index contributed by atoms with van der Waals surface area (Å²) in [7, 11) is 7.38. The first-order valence-corrected chi connectivity index (χ1v) is 30.0. The van der Waals surface area contributed by atoms with Gasteiger partial charge in [0, 0.05) is 81.4 Å². The molecular weight excluding hydrogens is 1120 g/mol. The molecule has 3 N–H and O–H groups in total. The predicted molar refractivity (Wildman–Crippen MR) is 306 cm³/mol. The fraction of sp³-hybridized carbons (Fsp3) is 0.579. The lowest BCUT2D eigenvalue weighted by molar-refractivity contribution is -0.197. The van der Waals surface area contributed by atoms with Crippen LogP contribution in [0.5, 0.6) is 5.88 Å². The van der Waals surface area contributed by atoms with Crippen molar-refractivity contribution in [1.82, 2.24) is 25.7 Å². The maximum absolute atomic E-state index is 14.4. The van der Waals surface area contributed by atoms with E-state index in [2.05, 4.69) is 20.8 Å². The van der Waals surface area contributed by atoms with E-state index in [4.69, 9.17) is 40.1 Å². The number of allylic oxidation sites excluding steroid dienone is 3. The number of aromatic nitrogens is 1. The number of benzene rings is 1. The van der Waals surface area contributed by atoms with Crippen LogP contribution in [0, 0.1) is 12.8 Å². The summed E-state index contributed by atoms with van der Waals surface area (Å²) in [6.07, 6.45) is 3.23. The Balaban J connectivity index is 0.917. The summed E-state index contributed by atoms with van der Waals surface area (Å²) in [5.74, 6) is -3.49. The number of hydrogen-bond donors (Lipinski definition) is 3. The molecule has 4 bridgehead atoms. The topological polar surface area (TPSA) is 274 Å². The second kappa shape index (κ2) is 27.1. The summed E-state index contributed by atoms with van der Waals surface area (Å²) in [6, 6.07) is 6.21. The number of anilines is 1. The Morgan fingerprint density at radius 2 is 1.80 bits per heavy atom. The molecule has 1 aromatic carbocycles. The molecule has 1 aliphatic carbocycles. The van der Waals surface area contributed by atoms with E-state index >= 15 is 0 Å². The van der Waals surface area contributed by atoms with E-state index in [1.54, 1.807) is 39.1 Å². The second-order valence-electron chi connectivity index (χ2n) is 22.2. The van der Waals surface area contributed by atoms with E-state index in [9.17, 15) is 43.5 Å². The Morgan fingerprint density at radius 3 is 2.52 bits per heavy atom. The summed E-state index contributed by atoms with van der Waals surface area (Å²) in [5, 5.41) is 19.7. The van der Waals surface area contributed by atoms with Crippen LogP contribution in [-0.2, 0) is 70.2 Å². The van der Waals surface area contributed by atoms with Gasteiger partial charge in [-0.1, -0.05) is 70.0 Å². The number of nitrogens with zero attached hydrogens (tertiary/aromatic N) is 5. The maximum Gasteiger partial charge on any atom is 0.409 e. The van der Waals surface area contributed by atoms with Crippen molar-refractivity contribution in [2.75, 3.05) is 38.5 Å². The van der Waals surface area contributed by atoms with Crippen LogP contribution in [0.25, 0.3) is 0 Å². The molecule has 3 fully saturated rings. The zero-order chi connectivity index (χ0) is 59.8. The number of aryl methyl sites for hydroxylation is 2. The number of methoxy groups -OCH3 is 1. The van der Waals surface area contributed by atoms with Crippen molar-refractivity contribution in [1.29, 1.82) is 0 Å². The van der Waals surface area contributed by atoms with Gasteiger partial charge in [0.25, 0.3) is 11.8 Å². The highest BCUT2D eigenvalue weighted by molar-refractivity contribution is 8.77. The first-order valence-electron chi connectivity index (χ1n) is 27.4. The Labute approximate surface area is 490 Å². The Bertz CT molecular complexity index is 2890. The third-order valence-corrected chi connectivity index (χ3v) is 18.9. The van der Waals surface area contributed by atoms with Crippen LogP contribution in [0.2, 0.25) is 5.02 Å². The van der Waals surface area contributed by atoms with E-state index in [1.165, 1.54) is 52.5 Å². The van der Waals surface area contributed by atoms with Gasteiger partial charge < -0.3 is 43.4 Å². The number of epoxide rings is 1.